The van der Waals surface area contributed by atoms with Gasteiger partial charge in [0.15, 0.2) is 11.5 Å². The Morgan fingerprint density at radius 2 is 1.80 bits per heavy atom. The molecule has 2 aromatic carbocycles. The number of nitrogens with zero attached hydrogens (tertiary/aromatic N) is 1. The summed E-state index contributed by atoms with van der Waals surface area (Å²) in [5, 5.41) is 4.24. The van der Waals surface area contributed by atoms with Crippen LogP contribution in [0.1, 0.15) is 30.4 Å². The summed E-state index contributed by atoms with van der Waals surface area (Å²) in [6.07, 6.45) is 0.876. The van der Waals surface area contributed by atoms with Crippen LogP contribution in [0.25, 0.3) is 0 Å². The van der Waals surface area contributed by atoms with Crippen LogP contribution in [0.3, 0.4) is 0 Å². The lowest BCUT2D eigenvalue weighted by Crippen LogP contribution is -2.21. The minimum absolute atomic E-state index is 0.00403. The van der Waals surface area contributed by atoms with Crippen molar-refractivity contribution < 1.29 is 14.3 Å². The standard InChI is InChI=1S/C20H22N2O3/c1-13(15-9-10-18(24-2)19(11-15)25-3)21-22-20(23)17-12-16(17)14-7-5-4-6-8-14/h4-11,16-17H,12H2,1-3H3,(H,22,23)/t16-,17+/m1/s1. The monoisotopic (exact) mass is 338 g/mol. The Morgan fingerprint density at radius 1 is 1.08 bits per heavy atom. The van der Waals surface area contributed by atoms with Crippen LogP contribution in [0.5, 0.6) is 11.5 Å². The van der Waals surface area contributed by atoms with E-state index in [9.17, 15) is 4.79 Å². The first-order valence-electron chi connectivity index (χ1n) is 8.25. The topological polar surface area (TPSA) is 59.9 Å². The second-order valence-electron chi connectivity index (χ2n) is 6.10. The Kier molecular flexibility index (Phi) is 5.03. The SMILES string of the molecule is COc1ccc(C(C)=NNC(=O)[C@H]2C[C@@H]2c2ccccc2)cc1OC. The fourth-order valence-corrected chi connectivity index (χ4v) is 2.90. The number of amides is 1. The molecule has 130 valence electrons. The molecular weight excluding hydrogens is 316 g/mol. The highest BCUT2D eigenvalue weighted by atomic mass is 16.5. The van der Waals surface area contributed by atoms with E-state index in [0.29, 0.717) is 23.1 Å². The van der Waals surface area contributed by atoms with Crippen LogP contribution in [0, 0.1) is 5.92 Å². The van der Waals surface area contributed by atoms with E-state index in [2.05, 4.69) is 22.7 Å². The minimum atomic E-state index is -0.0336. The van der Waals surface area contributed by atoms with Crippen LogP contribution in [-0.2, 0) is 4.79 Å². The van der Waals surface area contributed by atoms with Gasteiger partial charge in [-0.1, -0.05) is 30.3 Å². The largest absolute Gasteiger partial charge is 0.493 e. The number of nitrogens with one attached hydrogen (secondary N) is 1. The number of rotatable bonds is 6. The zero-order valence-corrected chi connectivity index (χ0v) is 14.7. The number of methoxy groups -OCH3 is 2. The first-order chi connectivity index (χ1) is 12.1. The van der Waals surface area contributed by atoms with Crippen LogP contribution in [-0.4, -0.2) is 25.8 Å². The van der Waals surface area contributed by atoms with Crippen LogP contribution >= 0.6 is 0 Å². The number of carbonyl (C=O) groups is 1. The van der Waals surface area contributed by atoms with Gasteiger partial charge in [0, 0.05) is 11.5 Å². The molecular formula is C20H22N2O3. The molecule has 0 spiro atoms. The number of hydrogen-bond donors (Lipinski definition) is 1. The van der Waals surface area contributed by atoms with Crippen LogP contribution in [0.4, 0.5) is 0 Å². The van der Waals surface area contributed by atoms with E-state index in [1.54, 1.807) is 14.2 Å². The van der Waals surface area contributed by atoms with E-state index in [1.165, 1.54) is 5.56 Å². The predicted octanol–water partition coefficient (Wildman–Crippen LogP) is 3.35. The fraction of sp³-hybridized carbons (Fsp3) is 0.300. The molecule has 25 heavy (non-hydrogen) atoms. The van der Waals surface area contributed by atoms with Crippen molar-refractivity contribution >= 4 is 11.6 Å². The molecule has 5 nitrogen and oxygen atoms in total. The van der Waals surface area contributed by atoms with Gasteiger partial charge in [-0.05, 0) is 43.0 Å². The summed E-state index contributed by atoms with van der Waals surface area (Å²) in [5.41, 5.74) is 5.48. The summed E-state index contributed by atoms with van der Waals surface area (Å²) in [6, 6.07) is 15.7. The Hall–Kier alpha value is -2.82. The molecule has 1 amide bonds. The van der Waals surface area contributed by atoms with Gasteiger partial charge in [-0.2, -0.15) is 5.10 Å². The smallest absolute Gasteiger partial charge is 0.243 e. The maximum Gasteiger partial charge on any atom is 0.243 e. The Morgan fingerprint density at radius 3 is 2.48 bits per heavy atom. The van der Waals surface area contributed by atoms with Gasteiger partial charge >= 0.3 is 0 Å². The predicted molar refractivity (Wildman–Crippen MR) is 97.2 cm³/mol. The molecule has 0 radical (unpaired) electrons. The number of carbonyl (C=O) groups excluding carboxylic acids is 1. The van der Waals surface area contributed by atoms with Crippen molar-refractivity contribution in [1.29, 1.82) is 0 Å². The van der Waals surface area contributed by atoms with Gasteiger partial charge in [-0.3, -0.25) is 4.79 Å². The van der Waals surface area contributed by atoms with Crippen molar-refractivity contribution in [2.75, 3.05) is 14.2 Å². The van der Waals surface area contributed by atoms with E-state index >= 15 is 0 Å². The lowest BCUT2D eigenvalue weighted by molar-refractivity contribution is -0.122. The van der Waals surface area contributed by atoms with Crippen LogP contribution in [0.2, 0.25) is 0 Å². The molecule has 5 heteroatoms. The molecule has 0 heterocycles. The second-order valence-corrected chi connectivity index (χ2v) is 6.10. The molecule has 0 aromatic heterocycles. The minimum Gasteiger partial charge on any atom is -0.493 e. The third kappa shape index (κ3) is 3.82. The van der Waals surface area contributed by atoms with Crippen molar-refractivity contribution in [2.24, 2.45) is 11.0 Å². The van der Waals surface area contributed by atoms with Gasteiger partial charge in [-0.15, -0.1) is 0 Å². The van der Waals surface area contributed by atoms with E-state index in [1.807, 2.05) is 43.3 Å². The molecule has 0 unspecified atom stereocenters. The average molecular weight is 338 g/mol. The fourth-order valence-electron chi connectivity index (χ4n) is 2.90. The molecule has 1 N–H and O–H groups in total. The molecule has 0 bridgehead atoms. The molecule has 1 fully saturated rings. The first kappa shape index (κ1) is 17.0. The Bertz CT molecular complexity index is 787. The summed E-state index contributed by atoms with van der Waals surface area (Å²) in [4.78, 5) is 12.3. The number of hydrogen-bond acceptors (Lipinski definition) is 4. The molecule has 3 rings (SSSR count). The van der Waals surface area contributed by atoms with Gasteiger partial charge in [0.1, 0.15) is 0 Å². The Balaban J connectivity index is 1.63. The molecule has 0 aliphatic heterocycles. The zero-order valence-electron chi connectivity index (χ0n) is 14.7. The van der Waals surface area contributed by atoms with Crippen molar-refractivity contribution in [3.63, 3.8) is 0 Å². The van der Waals surface area contributed by atoms with Crippen LogP contribution in [0.15, 0.2) is 53.6 Å². The summed E-state index contributed by atoms with van der Waals surface area (Å²) in [6.45, 7) is 1.85. The quantitative estimate of drug-likeness (QED) is 0.649. The van der Waals surface area contributed by atoms with Crippen LogP contribution < -0.4 is 14.9 Å². The summed E-state index contributed by atoms with van der Waals surface area (Å²) >= 11 is 0. The number of hydrazone groups is 1. The zero-order chi connectivity index (χ0) is 17.8. The van der Waals surface area contributed by atoms with Crippen molar-refractivity contribution in [3.05, 3.63) is 59.7 Å². The van der Waals surface area contributed by atoms with Crippen molar-refractivity contribution in [3.8, 4) is 11.5 Å². The lowest BCUT2D eigenvalue weighted by atomic mass is 10.1. The van der Waals surface area contributed by atoms with Gasteiger partial charge in [0.2, 0.25) is 5.91 Å². The molecule has 2 atom stereocenters. The lowest BCUT2D eigenvalue weighted by Gasteiger charge is -2.09. The molecule has 1 aliphatic carbocycles. The number of benzene rings is 2. The summed E-state index contributed by atoms with van der Waals surface area (Å²) in [5.74, 6) is 1.56. The average Bonchev–Trinajstić information content (AvgIpc) is 3.47. The van der Waals surface area contributed by atoms with Gasteiger partial charge < -0.3 is 9.47 Å². The third-order valence-corrected chi connectivity index (χ3v) is 4.49. The second kappa shape index (κ2) is 7.38. The molecule has 0 saturated heterocycles. The summed E-state index contributed by atoms with van der Waals surface area (Å²) in [7, 11) is 3.18. The van der Waals surface area contributed by atoms with Gasteiger partial charge in [0.25, 0.3) is 0 Å². The van der Waals surface area contributed by atoms with E-state index in [4.69, 9.17) is 9.47 Å². The molecule has 1 aliphatic rings. The maximum absolute atomic E-state index is 12.3. The Labute approximate surface area is 147 Å². The third-order valence-electron chi connectivity index (χ3n) is 4.49. The van der Waals surface area contributed by atoms with E-state index in [0.717, 1.165) is 12.0 Å². The van der Waals surface area contributed by atoms with Gasteiger partial charge in [0.05, 0.1) is 19.9 Å². The normalized spacial score (nSPS) is 19.2. The number of ether oxygens (including phenoxy) is 2. The van der Waals surface area contributed by atoms with E-state index in [-0.39, 0.29) is 11.8 Å². The van der Waals surface area contributed by atoms with Crippen molar-refractivity contribution in [2.45, 2.75) is 19.3 Å². The maximum atomic E-state index is 12.3. The van der Waals surface area contributed by atoms with E-state index < -0.39 is 0 Å². The highest BCUT2D eigenvalue weighted by molar-refractivity contribution is 6.00. The van der Waals surface area contributed by atoms with Gasteiger partial charge in [-0.25, -0.2) is 5.43 Å². The molecule has 1 saturated carbocycles. The highest BCUT2D eigenvalue weighted by Crippen LogP contribution is 2.47. The van der Waals surface area contributed by atoms with Crippen molar-refractivity contribution in [1.82, 2.24) is 5.43 Å². The molecule has 2 aromatic rings. The summed E-state index contributed by atoms with van der Waals surface area (Å²) < 4.78 is 10.5. The highest BCUT2D eigenvalue weighted by Gasteiger charge is 2.43. The first-order valence-corrected chi connectivity index (χ1v) is 8.25.